The van der Waals surface area contributed by atoms with Gasteiger partial charge < -0.3 is 9.84 Å². The minimum Gasteiger partial charge on any atom is -0.458 e. The van der Waals surface area contributed by atoms with Crippen LogP contribution in [0.2, 0.25) is 0 Å². The maximum Gasteiger partial charge on any atom is 0.306 e. The second-order valence-corrected chi connectivity index (χ2v) is 11.7. The fraction of sp³-hybridized carbons (Fsp3) is 0.750. The summed E-state index contributed by atoms with van der Waals surface area (Å²) in [4.78, 5) is 37.3. The molecule has 9 unspecified atom stereocenters. The molecule has 9 atom stereocenters. The standard InChI is InChI=1S/C28H38F2O5/c1-5-6-7-8-24(34)35-15-22(32)25-16(2)11-18-19-13-21(29)20-12-17(31)9-10-27(20,4)28(19,30)23(33)14-26(18,25)3/h9-10,12,16,18-19,21,23,25,33H,5-8,11,13-15H2,1-4H3. The third kappa shape index (κ3) is 3.93. The van der Waals surface area contributed by atoms with Crippen LogP contribution in [0.3, 0.4) is 0 Å². The predicted octanol–water partition coefficient (Wildman–Crippen LogP) is 4.86. The van der Waals surface area contributed by atoms with Crippen molar-refractivity contribution >= 4 is 17.5 Å². The van der Waals surface area contributed by atoms with Crippen LogP contribution in [0.5, 0.6) is 0 Å². The average molecular weight is 493 g/mol. The molecule has 3 fully saturated rings. The topological polar surface area (TPSA) is 80.7 Å². The van der Waals surface area contributed by atoms with E-state index < -0.39 is 46.6 Å². The molecule has 194 valence electrons. The summed E-state index contributed by atoms with van der Waals surface area (Å²) in [5.41, 5.74) is -4.22. The van der Waals surface area contributed by atoms with Gasteiger partial charge in [0.05, 0.1) is 6.10 Å². The van der Waals surface area contributed by atoms with Crippen molar-refractivity contribution in [3.05, 3.63) is 23.8 Å². The van der Waals surface area contributed by atoms with Gasteiger partial charge in [-0.25, -0.2) is 8.78 Å². The van der Waals surface area contributed by atoms with Gasteiger partial charge in [-0.2, -0.15) is 0 Å². The normalized spacial score (nSPS) is 44.2. The number of carbonyl (C=O) groups excluding carboxylic acids is 3. The highest BCUT2D eigenvalue weighted by atomic mass is 19.1. The minimum absolute atomic E-state index is 0.0530. The number of ether oxygens (including phenoxy) is 1. The Morgan fingerprint density at radius 1 is 1.20 bits per heavy atom. The smallest absolute Gasteiger partial charge is 0.306 e. The fourth-order valence-electron chi connectivity index (χ4n) is 8.09. The summed E-state index contributed by atoms with van der Waals surface area (Å²) in [6.45, 7) is 7.12. The second kappa shape index (κ2) is 9.20. The van der Waals surface area contributed by atoms with Crippen LogP contribution < -0.4 is 0 Å². The largest absolute Gasteiger partial charge is 0.458 e. The second-order valence-electron chi connectivity index (χ2n) is 11.7. The number of rotatable bonds is 7. The van der Waals surface area contributed by atoms with Crippen molar-refractivity contribution in [2.75, 3.05) is 6.61 Å². The maximum absolute atomic E-state index is 17.1. The summed E-state index contributed by atoms with van der Waals surface area (Å²) in [5, 5.41) is 11.3. The molecule has 0 bridgehead atoms. The van der Waals surface area contributed by atoms with Crippen molar-refractivity contribution < 1.29 is 33.0 Å². The molecule has 0 aromatic rings. The highest BCUT2D eigenvalue weighted by molar-refractivity contribution is 6.01. The summed E-state index contributed by atoms with van der Waals surface area (Å²) in [6.07, 6.45) is 4.29. The summed E-state index contributed by atoms with van der Waals surface area (Å²) in [6, 6.07) is 0. The molecule has 0 aromatic heterocycles. The van der Waals surface area contributed by atoms with E-state index in [4.69, 9.17) is 4.74 Å². The van der Waals surface area contributed by atoms with Gasteiger partial charge in [-0.3, -0.25) is 14.4 Å². The third-order valence-electron chi connectivity index (χ3n) is 9.68. The van der Waals surface area contributed by atoms with Crippen LogP contribution in [-0.4, -0.2) is 47.2 Å². The van der Waals surface area contributed by atoms with Gasteiger partial charge in [-0.15, -0.1) is 0 Å². The molecular formula is C28H38F2O5. The Hall–Kier alpha value is -1.89. The van der Waals surface area contributed by atoms with E-state index in [0.717, 1.165) is 19.3 Å². The van der Waals surface area contributed by atoms with Crippen LogP contribution in [-0.2, 0) is 19.1 Å². The molecule has 0 saturated heterocycles. The molecule has 7 heteroatoms. The molecule has 0 spiro atoms. The van der Waals surface area contributed by atoms with E-state index in [1.807, 2.05) is 20.8 Å². The van der Waals surface area contributed by atoms with Gasteiger partial charge >= 0.3 is 5.97 Å². The monoisotopic (exact) mass is 492 g/mol. The molecule has 0 aliphatic heterocycles. The lowest BCUT2D eigenvalue weighted by atomic mass is 9.45. The first-order valence-electron chi connectivity index (χ1n) is 13.0. The Bertz CT molecular complexity index is 959. The van der Waals surface area contributed by atoms with Crippen LogP contribution in [0.4, 0.5) is 8.78 Å². The highest BCUT2D eigenvalue weighted by Crippen LogP contribution is 2.70. The van der Waals surface area contributed by atoms with E-state index in [2.05, 4.69) is 0 Å². The molecule has 0 aromatic carbocycles. The van der Waals surface area contributed by atoms with Crippen LogP contribution >= 0.6 is 0 Å². The number of esters is 1. The molecule has 35 heavy (non-hydrogen) atoms. The first-order chi connectivity index (χ1) is 16.4. The van der Waals surface area contributed by atoms with Crippen molar-refractivity contribution in [2.24, 2.45) is 34.5 Å². The summed E-state index contributed by atoms with van der Waals surface area (Å²) < 4.78 is 37.8. The number of carbonyl (C=O) groups is 3. The molecule has 0 amide bonds. The van der Waals surface area contributed by atoms with E-state index in [0.29, 0.717) is 6.42 Å². The van der Waals surface area contributed by atoms with Crippen molar-refractivity contribution in [1.82, 2.24) is 0 Å². The van der Waals surface area contributed by atoms with Gasteiger partial charge in [0.2, 0.25) is 0 Å². The van der Waals surface area contributed by atoms with Crippen LogP contribution in [0, 0.1) is 34.5 Å². The maximum atomic E-state index is 17.1. The van der Waals surface area contributed by atoms with E-state index in [-0.39, 0.29) is 54.8 Å². The highest BCUT2D eigenvalue weighted by Gasteiger charge is 2.73. The number of Topliss-reactive ketones (excluding diaryl/α,β-unsaturated/α-hetero) is 1. The fourth-order valence-corrected chi connectivity index (χ4v) is 8.09. The molecule has 3 saturated carbocycles. The Morgan fingerprint density at radius 2 is 1.91 bits per heavy atom. The molecule has 1 N–H and O–H groups in total. The zero-order valence-electron chi connectivity index (χ0n) is 21.2. The van der Waals surface area contributed by atoms with Crippen molar-refractivity contribution in [2.45, 2.75) is 90.6 Å². The number of unbranched alkanes of at least 4 members (excludes halogenated alkanes) is 2. The van der Waals surface area contributed by atoms with Crippen molar-refractivity contribution in [3.8, 4) is 0 Å². The lowest BCUT2D eigenvalue weighted by Crippen LogP contribution is -2.68. The van der Waals surface area contributed by atoms with E-state index in [1.165, 1.54) is 18.2 Å². The molecular weight excluding hydrogens is 454 g/mol. The van der Waals surface area contributed by atoms with Crippen molar-refractivity contribution in [1.29, 1.82) is 0 Å². The summed E-state index contributed by atoms with van der Waals surface area (Å²) >= 11 is 0. The number of hydrogen-bond donors (Lipinski definition) is 1. The van der Waals surface area contributed by atoms with Gasteiger partial charge in [-0.05, 0) is 67.6 Å². The first kappa shape index (κ1) is 26.2. The molecule has 4 aliphatic rings. The van der Waals surface area contributed by atoms with Crippen LogP contribution in [0.1, 0.15) is 72.6 Å². The lowest BCUT2D eigenvalue weighted by Gasteiger charge is -2.62. The quantitative estimate of drug-likeness (QED) is 0.406. The average Bonchev–Trinajstić information content (AvgIpc) is 3.05. The zero-order valence-corrected chi connectivity index (χ0v) is 21.2. The van der Waals surface area contributed by atoms with Gasteiger partial charge in [0.15, 0.2) is 17.2 Å². The third-order valence-corrected chi connectivity index (χ3v) is 9.68. The Labute approximate surface area is 206 Å². The van der Waals surface area contributed by atoms with Gasteiger partial charge in [-0.1, -0.05) is 39.7 Å². The van der Waals surface area contributed by atoms with Crippen molar-refractivity contribution in [3.63, 3.8) is 0 Å². The molecule has 5 nitrogen and oxygen atoms in total. The zero-order chi connectivity index (χ0) is 25.8. The van der Waals surface area contributed by atoms with Crippen LogP contribution in [0.15, 0.2) is 23.8 Å². The number of alkyl halides is 2. The minimum atomic E-state index is -2.15. The lowest BCUT2D eigenvalue weighted by molar-refractivity contribution is -0.202. The van der Waals surface area contributed by atoms with Gasteiger partial charge in [0.25, 0.3) is 0 Å². The molecule has 4 rings (SSSR count). The predicted molar refractivity (Wildman–Crippen MR) is 127 cm³/mol. The van der Waals surface area contributed by atoms with Gasteiger partial charge in [0, 0.05) is 23.7 Å². The first-order valence-corrected chi connectivity index (χ1v) is 13.0. The number of aliphatic hydroxyl groups is 1. The number of aliphatic hydroxyl groups excluding tert-OH is 1. The summed E-state index contributed by atoms with van der Waals surface area (Å²) in [7, 11) is 0. The Balaban J connectivity index is 1.59. The van der Waals surface area contributed by atoms with Gasteiger partial charge in [0.1, 0.15) is 12.8 Å². The number of halogens is 2. The van der Waals surface area contributed by atoms with E-state index in [1.54, 1.807) is 6.92 Å². The Kier molecular flexibility index (Phi) is 6.88. The SMILES string of the molecule is CCCCCC(=O)OCC(=O)C1C(C)CC2C3CC(F)C4=CC(=O)C=CC4(C)C3(F)C(O)CC21C. The van der Waals surface area contributed by atoms with Crippen LogP contribution in [0.25, 0.3) is 0 Å². The number of hydrogen-bond acceptors (Lipinski definition) is 5. The number of ketones is 2. The summed E-state index contributed by atoms with van der Waals surface area (Å²) in [5.74, 6) is -2.73. The molecule has 0 heterocycles. The number of fused-ring (bicyclic) bond motifs is 5. The van der Waals surface area contributed by atoms with E-state index in [9.17, 15) is 19.5 Å². The Morgan fingerprint density at radius 3 is 2.60 bits per heavy atom. The number of allylic oxidation sites excluding steroid dienone is 4. The van der Waals surface area contributed by atoms with E-state index >= 15 is 8.78 Å². The molecule has 0 radical (unpaired) electrons. The molecule has 4 aliphatic carbocycles.